The number of nitrogens with zero attached hydrogens (tertiary/aromatic N) is 1. The molecule has 5 heteroatoms. The molecule has 0 radical (unpaired) electrons. The van der Waals surface area contributed by atoms with E-state index >= 15 is 0 Å². The molecule has 3 aromatic carbocycles. The van der Waals surface area contributed by atoms with Crippen LogP contribution in [0.15, 0.2) is 78.9 Å². The Morgan fingerprint density at radius 2 is 1.45 bits per heavy atom. The first kappa shape index (κ1) is 20.1. The molecule has 0 fully saturated rings. The highest BCUT2D eigenvalue weighted by Crippen LogP contribution is 2.24. The zero-order valence-electron chi connectivity index (χ0n) is 16.8. The smallest absolute Gasteiger partial charge is 0.255 e. The number of rotatable bonds is 6. The maximum absolute atomic E-state index is 13.0. The van der Waals surface area contributed by atoms with E-state index in [9.17, 15) is 9.59 Å². The number of carbonyl (C=O) groups is 2. The van der Waals surface area contributed by atoms with Gasteiger partial charge in [-0.05, 0) is 42.8 Å². The largest absolute Gasteiger partial charge is 0.377 e. The van der Waals surface area contributed by atoms with Crippen LogP contribution in [0.1, 0.15) is 39.2 Å². The number of anilines is 2. The molecular formula is C24H25N3O2. The van der Waals surface area contributed by atoms with Gasteiger partial charge in [-0.15, -0.1) is 0 Å². The van der Waals surface area contributed by atoms with E-state index in [-0.39, 0.29) is 17.9 Å². The minimum Gasteiger partial charge on any atom is -0.377 e. The molecule has 0 aliphatic carbocycles. The van der Waals surface area contributed by atoms with Crippen molar-refractivity contribution in [3.63, 3.8) is 0 Å². The predicted molar refractivity (Wildman–Crippen MR) is 117 cm³/mol. The molecule has 0 bridgehead atoms. The van der Waals surface area contributed by atoms with Gasteiger partial charge in [-0.1, -0.05) is 48.5 Å². The Morgan fingerprint density at radius 1 is 0.828 bits per heavy atom. The molecule has 2 N–H and O–H groups in total. The van der Waals surface area contributed by atoms with E-state index in [1.54, 1.807) is 24.3 Å². The molecule has 3 aromatic rings. The highest BCUT2D eigenvalue weighted by molar-refractivity contribution is 6.06. The molecule has 1 atom stereocenters. The quantitative estimate of drug-likeness (QED) is 0.655. The van der Waals surface area contributed by atoms with Crippen molar-refractivity contribution >= 4 is 23.2 Å². The third-order valence-corrected chi connectivity index (χ3v) is 4.66. The summed E-state index contributed by atoms with van der Waals surface area (Å²) < 4.78 is 0. The number of hydrogen-bond acceptors (Lipinski definition) is 3. The van der Waals surface area contributed by atoms with Crippen LogP contribution >= 0.6 is 0 Å². The fraction of sp³-hybridized carbons (Fsp3) is 0.167. The third-order valence-electron chi connectivity index (χ3n) is 4.66. The van der Waals surface area contributed by atoms with Gasteiger partial charge in [0, 0.05) is 31.0 Å². The first-order valence-electron chi connectivity index (χ1n) is 9.49. The van der Waals surface area contributed by atoms with Crippen LogP contribution in [0.2, 0.25) is 0 Å². The lowest BCUT2D eigenvalue weighted by atomic mass is 10.1. The molecule has 5 nitrogen and oxygen atoms in total. The second-order valence-corrected chi connectivity index (χ2v) is 7.05. The van der Waals surface area contributed by atoms with Crippen molar-refractivity contribution in [2.24, 2.45) is 0 Å². The Hall–Kier alpha value is -3.60. The molecule has 0 heterocycles. The molecular weight excluding hydrogens is 362 g/mol. The van der Waals surface area contributed by atoms with Gasteiger partial charge in [-0.25, -0.2) is 0 Å². The van der Waals surface area contributed by atoms with E-state index in [1.165, 1.54) is 0 Å². The summed E-state index contributed by atoms with van der Waals surface area (Å²) in [5, 5.41) is 5.91. The number of amides is 2. The fourth-order valence-electron chi connectivity index (χ4n) is 3.08. The van der Waals surface area contributed by atoms with Crippen LogP contribution in [0.4, 0.5) is 11.4 Å². The summed E-state index contributed by atoms with van der Waals surface area (Å²) in [7, 11) is 3.77. The molecule has 0 saturated carbocycles. The van der Waals surface area contributed by atoms with Crippen molar-refractivity contribution in [3.05, 3.63) is 95.6 Å². The van der Waals surface area contributed by atoms with Crippen molar-refractivity contribution in [1.29, 1.82) is 0 Å². The first-order valence-corrected chi connectivity index (χ1v) is 9.49. The maximum Gasteiger partial charge on any atom is 0.255 e. The van der Waals surface area contributed by atoms with Gasteiger partial charge in [0.25, 0.3) is 11.8 Å². The zero-order chi connectivity index (χ0) is 20.8. The summed E-state index contributed by atoms with van der Waals surface area (Å²) >= 11 is 0. The molecule has 0 aromatic heterocycles. The molecule has 0 aliphatic rings. The van der Waals surface area contributed by atoms with Gasteiger partial charge in [0.15, 0.2) is 0 Å². The van der Waals surface area contributed by atoms with Crippen LogP contribution in [0.5, 0.6) is 0 Å². The summed E-state index contributed by atoms with van der Waals surface area (Å²) in [4.78, 5) is 27.3. The fourth-order valence-corrected chi connectivity index (χ4v) is 3.08. The number of carbonyl (C=O) groups excluding carboxylic acids is 2. The van der Waals surface area contributed by atoms with E-state index in [4.69, 9.17) is 0 Å². The number of hydrogen-bond donors (Lipinski definition) is 2. The average Bonchev–Trinajstić information content (AvgIpc) is 2.74. The monoisotopic (exact) mass is 387 g/mol. The lowest BCUT2D eigenvalue weighted by Gasteiger charge is -2.20. The minimum atomic E-state index is -0.216. The zero-order valence-corrected chi connectivity index (χ0v) is 16.8. The van der Waals surface area contributed by atoms with Crippen LogP contribution in [-0.2, 0) is 0 Å². The van der Waals surface area contributed by atoms with E-state index in [0.29, 0.717) is 16.8 Å². The van der Waals surface area contributed by atoms with Crippen molar-refractivity contribution in [2.45, 2.75) is 13.0 Å². The highest BCUT2D eigenvalue weighted by atomic mass is 16.2. The van der Waals surface area contributed by atoms with Gasteiger partial charge < -0.3 is 15.5 Å². The van der Waals surface area contributed by atoms with Crippen molar-refractivity contribution in [2.75, 3.05) is 24.3 Å². The summed E-state index contributed by atoms with van der Waals surface area (Å²) in [5.74, 6) is -0.409. The number of benzene rings is 3. The van der Waals surface area contributed by atoms with E-state index in [0.717, 1.165) is 11.3 Å². The molecule has 0 saturated heterocycles. The number of nitrogens with one attached hydrogen (secondary N) is 2. The van der Waals surface area contributed by atoms with Gasteiger partial charge in [-0.2, -0.15) is 0 Å². The topological polar surface area (TPSA) is 61.4 Å². The standard InChI is InChI=1S/C24H25N3O2/c1-17(18-10-6-4-7-11-18)25-24(29)21-16-20(14-15-22(21)27(2)3)26-23(28)19-12-8-5-9-13-19/h4-17H,1-3H3,(H,25,29)(H,26,28)/t17-/m0/s1. The van der Waals surface area contributed by atoms with Crippen molar-refractivity contribution in [1.82, 2.24) is 5.32 Å². The molecule has 148 valence electrons. The van der Waals surface area contributed by atoms with Crippen LogP contribution < -0.4 is 15.5 Å². The Bertz CT molecular complexity index is 986. The van der Waals surface area contributed by atoms with Gasteiger partial charge in [0.2, 0.25) is 0 Å². The Kier molecular flexibility index (Phi) is 6.29. The summed E-state index contributed by atoms with van der Waals surface area (Å²) in [6.07, 6.45) is 0. The summed E-state index contributed by atoms with van der Waals surface area (Å²) in [5.41, 5.74) is 3.44. The second kappa shape index (κ2) is 9.06. The highest BCUT2D eigenvalue weighted by Gasteiger charge is 2.17. The van der Waals surface area contributed by atoms with Gasteiger partial charge in [-0.3, -0.25) is 9.59 Å². The molecule has 2 amide bonds. The van der Waals surface area contributed by atoms with E-state index in [1.807, 2.05) is 80.5 Å². The van der Waals surface area contributed by atoms with Gasteiger partial charge >= 0.3 is 0 Å². The van der Waals surface area contributed by atoms with Gasteiger partial charge in [0.05, 0.1) is 11.6 Å². The summed E-state index contributed by atoms with van der Waals surface area (Å²) in [6.45, 7) is 1.95. The minimum absolute atomic E-state index is 0.138. The van der Waals surface area contributed by atoms with Crippen LogP contribution in [0.3, 0.4) is 0 Å². The first-order chi connectivity index (χ1) is 14.0. The van der Waals surface area contributed by atoms with Crippen LogP contribution in [-0.4, -0.2) is 25.9 Å². The molecule has 0 aliphatic heterocycles. The molecule has 0 spiro atoms. The van der Waals surface area contributed by atoms with E-state index < -0.39 is 0 Å². The molecule has 3 rings (SSSR count). The Balaban J connectivity index is 1.83. The Labute approximate surface area is 171 Å². The predicted octanol–water partition coefficient (Wildman–Crippen LogP) is 4.50. The normalized spacial score (nSPS) is 11.4. The van der Waals surface area contributed by atoms with E-state index in [2.05, 4.69) is 10.6 Å². The SMILES string of the molecule is C[C@H](NC(=O)c1cc(NC(=O)c2ccccc2)ccc1N(C)C)c1ccccc1. The maximum atomic E-state index is 13.0. The summed E-state index contributed by atoms with van der Waals surface area (Å²) in [6, 6.07) is 24.0. The molecule has 29 heavy (non-hydrogen) atoms. The third kappa shape index (κ3) is 5.02. The lowest BCUT2D eigenvalue weighted by Crippen LogP contribution is -2.28. The molecule has 0 unspecified atom stereocenters. The van der Waals surface area contributed by atoms with Crippen molar-refractivity contribution < 1.29 is 9.59 Å². The Morgan fingerprint density at radius 3 is 2.07 bits per heavy atom. The van der Waals surface area contributed by atoms with Crippen LogP contribution in [0.25, 0.3) is 0 Å². The van der Waals surface area contributed by atoms with Gasteiger partial charge in [0.1, 0.15) is 0 Å². The average molecular weight is 387 g/mol. The second-order valence-electron chi connectivity index (χ2n) is 7.05. The lowest BCUT2D eigenvalue weighted by molar-refractivity contribution is 0.0939. The van der Waals surface area contributed by atoms with Crippen LogP contribution in [0, 0.1) is 0 Å². The van der Waals surface area contributed by atoms with Crippen molar-refractivity contribution in [3.8, 4) is 0 Å².